The van der Waals surface area contributed by atoms with E-state index in [1.54, 1.807) is 12.1 Å². The summed E-state index contributed by atoms with van der Waals surface area (Å²) in [4.78, 5) is 14.3. The summed E-state index contributed by atoms with van der Waals surface area (Å²) in [5.41, 5.74) is 4.11. The van der Waals surface area contributed by atoms with E-state index in [4.69, 9.17) is 9.47 Å². The molecule has 0 fully saturated rings. The van der Waals surface area contributed by atoms with E-state index in [9.17, 15) is 15.0 Å². The monoisotopic (exact) mass is 595 g/mol. The van der Waals surface area contributed by atoms with Gasteiger partial charge in [-0.2, -0.15) is 0 Å². The molecule has 0 aliphatic rings. The van der Waals surface area contributed by atoms with Crippen molar-refractivity contribution >= 4 is 5.97 Å². The van der Waals surface area contributed by atoms with E-state index >= 15 is 0 Å². The van der Waals surface area contributed by atoms with Gasteiger partial charge in [0.15, 0.2) is 0 Å². The van der Waals surface area contributed by atoms with Crippen LogP contribution in [0.5, 0.6) is 5.75 Å². The molecule has 0 spiro atoms. The van der Waals surface area contributed by atoms with Gasteiger partial charge < -0.3 is 19.7 Å². The first-order valence-electron chi connectivity index (χ1n) is 15.7. The van der Waals surface area contributed by atoms with Gasteiger partial charge in [-0.15, -0.1) is 0 Å². The minimum atomic E-state index is -1.08. The zero-order valence-electron chi connectivity index (χ0n) is 25.5. The topological polar surface area (TPSA) is 79.2 Å². The molecule has 0 bridgehead atoms. The summed E-state index contributed by atoms with van der Waals surface area (Å²) < 4.78 is 11.7. The van der Waals surface area contributed by atoms with E-state index < -0.39 is 12.1 Å². The SMILES string of the molecule is O=C(O)c1cc(C(O)CN(CCCCCCOCCCc2ccccc2)Cc2ccccc2)ccc1OCc1ccccc1. The normalized spacial score (nSPS) is 11.9. The lowest BCUT2D eigenvalue weighted by Crippen LogP contribution is -2.29. The van der Waals surface area contributed by atoms with Crippen molar-refractivity contribution < 1.29 is 24.5 Å². The minimum absolute atomic E-state index is 0.0503. The molecular formula is C38H45NO5. The Morgan fingerprint density at radius 3 is 2.00 bits per heavy atom. The summed E-state index contributed by atoms with van der Waals surface area (Å²) in [6.45, 7) is 3.82. The molecule has 2 N–H and O–H groups in total. The van der Waals surface area contributed by atoms with Crippen LogP contribution in [-0.4, -0.2) is 47.4 Å². The van der Waals surface area contributed by atoms with Gasteiger partial charge >= 0.3 is 5.97 Å². The Morgan fingerprint density at radius 2 is 1.32 bits per heavy atom. The van der Waals surface area contributed by atoms with Gasteiger partial charge in [0, 0.05) is 26.3 Å². The Bertz CT molecular complexity index is 1360. The van der Waals surface area contributed by atoms with Crippen molar-refractivity contribution in [2.45, 2.75) is 57.8 Å². The average Bonchev–Trinajstić information content (AvgIpc) is 3.05. The highest BCUT2D eigenvalue weighted by Gasteiger charge is 2.19. The maximum Gasteiger partial charge on any atom is 0.339 e. The van der Waals surface area contributed by atoms with Crippen LogP contribution >= 0.6 is 0 Å². The van der Waals surface area contributed by atoms with E-state index in [0.717, 1.165) is 63.8 Å². The third-order valence-electron chi connectivity index (χ3n) is 7.65. The number of hydrogen-bond donors (Lipinski definition) is 2. The Kier molecular flexibility index (Phi) is 14.0. The molecule has 44 heavy (non-hydrogen) atoms. The number of rotatable bonds is 20. The molecule has 1 atom stereocenters. The first kappa shape index (κ1) is 32.9. The zero-order valence-corrected chi connectivity index (χ0v) is 25.5. The molecule has 0 aromatic heterocycles. The molecule has 0 radical (unpaired) electrons. The fraction of sp³-hybridized carbons (Fsp3) is 0.342. The lowest BCUT2D eigenvalue weighted by Gasteiger charge is -2.26. The van der Waals surface area contributed by atoms with Crippen LogP contribution in [0.1, 0.15) is 70.8 Å². The second kappa shape index (κ2) is 18.6. The lowest BCUT2D eigenvalue weighted by atomic mass is 10.0. The van der Waals surface area contributed by atoms with Crippen molar-refractivity contribution in [3.05, 3.63) is 137 Å². The van der Waals surface area contributed by atoms with Crippen LogP contribution < -0.4 is 4.74 Å². The van der Waals surface area contributed by atoms with Gasteiger partial charge in [0.2, 0.25) is 0 Å². The van der Waals surface area contributed by atoms with Gasteiger partial charge in [0.1, 0.15) is 17.9 Å². The number of nitrogens with zero attached hydrogens (tertiary/aromatic N) is 1. The minimum Gasteiger partial charge on any atom is -0.488 e. The number of unbranched alkanes of at least 4 members (excludes halogenated alkanes) is 3. The maximum absolute atomic E-state index is 12.1. The van der Waals surface area contributed by atoms with Crippen molar-refractivity contribution in [3.63, 3.8) is 0 Å². The highest BCUT2D eigenvalue weighted by Crippen LogP contribution is 2.26. The van der Waals surface area contributed by atoms with E-state index in [-0.39, 0.29) is 12.2 Å². The number of carbonyl (C=O) groups is 1. The number of carboxylic acids is 1. The van der Waals surface area contributed by atoms with Gasteiger partial charge in [0.25, 0.3) is 0 Å². The fourth-order valence-electron chi connectivity index (χ4n) is 5.23. The van der Waals surface area contributed by atoms with Crippen LogP contribution in [0.3, 0.4) is 0 Å². The number of aromatic carboxylic acids is 1. The van der Waals surface area contributed by atoms with Crippen molar-refractivity contribution in [1.29, 1.82) is 0 Å². The quantitative estimate of drug-likeness (QED) is 0.102. The summed E-state index contributed by atoms with van der Waals surface area (Å²) in [6.07, 6.45) is 5.51. The van der Waals surface area contributed by atoms with Gasteiger partial charge in [0.05, 0.1) is 6.10 Å². The number of hydrogen-bond acceptors (Lipinski definition) is 5. The van der Waals surface area contributed by atoms with Gasteiger partial charge in [-0.3, -0.25) is 4.90 Å². The Balaban J connectivity index is 1.24. The molecule has 0 saturated carbocycles. The Hall–Kier alpha value is -3.97. The van der Waals surface area contributed by atoms with E-state index in [1.807, 2.05) is 54.6 Å². The second-order valence-corrected chi connectivity index (χ2v) is 11.2. The maximum atomic E-state index is 12.1. The molecular weight excluding hydrogens is 550 g/mol. The molecule has 4 rings (SSSR count). The second-order valence-electron chi connectivity index (χ2n) is 11.2. The lowest BCUT2D eigenvalue weighted by molar-refractivity contribution is 0.0690. The first-order chi connectivity index (χ1) is 21.6. The number of ether oxygens (including phenoxy) is 2. The van der Waals surface area contributed by atoms with Crippen LogP contribution in [0.25, 0.3) is 0 Å². The van der Waals surface area contributed by atoms with Crippen LogP contribution in [0.4, 0.5) is 0 Å². The predicted octanol–water partition coefficient (Wildman–Crippen LogP) is 7.71. The Morgan fingerprint density at radius 1 is 0.705 bits per heavy atom. The fourth-order valence-corrected chi connectivity index (χ4v) is 5.23. The highest BCUT2D eigenvalue weighted by molar-refractivity contribution is 5.91. The largest absolute Gasteiger partial charge is 0.488 e. The van der Waals surface area contributed by atoms with Gasteiger partial charge in [-0.25, -0.2) is 4.79 Å². The molecule has 0 amide bonds. The number of carboxylic acid groups (broad SMARTS) is 1. The summed E-state index contributed by atoms with van der Waals surface area (Å²) in [7, 11) is 0. The average molecular weight is 596 g/mol. The van der Waals surface area contributed by atoms with Gasteiger partial charge in [-0.05, 0) is 66.6 Å². The van der Waals surface area contributed by atoms with Crippen molar-refractivity contribution in [2.75, 3.05) is 26.3 Å². The van der Waals surface area contributed by atoms with Crippen LogP contribution in [0, 0.1) is 0 Å². The molecule has 1 unspecified atom stereocenters. The van der Waals surface area contributed by atoms with Crippen LogP contribution in [-0.2, 0) is 24.3 Å². The molecule has 6 nitrogen and oxygen atoms in total. The third-order valence-corrected chi connectivity index (χ3v) is 7.65. The number of aliphatic hydroxyl groups is 1. The number of aryl methyl sites for hydroxylation is 1. The van der Waals surface area contributed by atoms with E-state index in [1.165, 1.54) is 17.2 Å². The van der Waals surface area contributed by atoms with Crippen LogP contribution in [0.2, 0.25) is 0 Å². The molecule has 0 heterocycles. The molecule has 0 aliphatic heterocycles. The van der Waals surface area contributed by atoms with Crippen molar-refractivity contribution in [3.8, 4) is 5.75 Å². The third kappa shape index (κ3) is 11.6. The standard InChI is InChI=1S/C38H45NO5/c40-36(34-22-23-37(35(27-34)38(41)42)44-30-33-19-10-5-11-20-33)29-39(28-32-17-8-4-9-18-32)24-12-1-2-13-25-43-26-14-21-31-15-6-3-7-16-31/h3-11,15-20,22-23,27,36,40H,1-2,12-14,21,24-26,28-30H2,(H,41,42). The van der Waals surface area contributed by atoms with E-state index in [0.29, 0.717) is 24.4 Å². The molecule has 4 aromatic carbocycles. The van der Waals surface area contributed by atoms with Crippen molar-refractivity contribution in [2.24, 2.45) is 0 Å². The summed E-state index contributed by atoms with van der Waals surface area (Å²) in [5.74, 6) is -0.790. The van der Waals surface area contributed by atoms with E-state index in [2.05, 4.69) is 41.3 Å². The summed E-state index contributed by atoms with van der Waals surface area (Å²) >= 11 is 0. The molecule has 4 aromatic rings. The number of benzene rings is 4. The van der Waals surface area contributed by atoms with Gasteiger partial charge in [-0.1, -0.05) is 110 Å². The smallest absolute Gasteiger partial charge is 0.339 e. The number of aliphatic hydroxyl groups excluding tert-OH is 1. The Labute approximate surface area is 261 Å². The zero-order chi connectivity index (χ0) is 30.8. The molecule has 0 aliphatic carbocycles. The predicted molar refractivity (Wildman–Crippen MR) is 175 cm³/mol. The highest BCUT2D eigenvalue weighted by atomic mass is 16.5. The molecule has 0 saturated heterocycles. The first-order valence-corrected chi connectivity index (χ1v) is 15.7. The van der Waals surface area contributed by atoms with Crippen LogP contribution in [0.15, 0.2) is 109 Å². The molecule has 232 valence electrons. The molecule has 6 heteroatoms. The summed E-state index contributed by atoms with van der Waals surface area (Å²) in [6, 6.07) is 35.3. The summed E-state index contributed by atoms with van der Waals surface area (Å²) in [5, 5.41) is 21.1. The van der Waals surface area contributed by atoms with Crippen molar-refractivity contribution in [1.82, 2.24) is 4.90 Å².